The van der Waals surface area contributed by atoms with Crippen LogP contribution >= 0.6 is 23.2 Å². The van der Waals surface area contributed by atoms with Gasteiger partial charge in [-0.25, -0.2) is 9.97 Å². The normalized spacial score (nSPS) is 10.6. The minimum absolute atomic E-state index is 0.433. The molecule has 0 atom stereocenters. The van der Waals surface area contributed by atoms with Crippen molar-refractivity contribution in [2.75, 3.05) is 19.5 Å². The van der Waals surface area contributed by atoms with E-state index in [1.807, 2.05) is 6.07 Å². The van der Waals surface area contributed by atoms with E-state index in [0.717, 1.165) is 10.9 Å². The van der Waals surface area contributed by atoms with Gasteiger partial charge in [0.05, 0.1) is 19.7 Å². The van der Waals surface area contributed by atoms with E-state index in [0.29, 0.717) is 33.2 Å². The molecule has 5 nitrogen and oxygen atoms in total. The molecule has 3 aromatic rings. The van der Waals surface area contributed by atoms with Crippen molar-refractivity contribution in [1.29, 1.82) is 0 Å². The Morgan fingerprint density at radius 3 is 2.22 bits per heavy atom. The van der Waals surface area contributed by atoms with Gasteiger partial charge in [-0.15, -0.1) is 0 Å². The fraction of sp³-hybridized carbons (Fsp3) is 0.125. The van der Waals surface area contributed by atoms with Gasteiger partial charge in [0.2, 0.25) is 5.95 Å². The summed E-state index contributed by atoms with van der Waals surface area (Å²) in [5, 5.41) is 4.99. The third-order valence-corrected chi connectivity index (χ3v) is 3.64. The second kappa shape index (κ2) is 6.48. The molecule has 0 fully saturated rings. The number of halogens is 2. The maximum absolute atomic E-state index is 5.99. The lowest BCUT2D eigenvalue weighted by molar-refractivity contribution is 0.356. The van der Waals surface area contributed by atoms with Crippen molar-refractivity contribution >= 4 is 45.7 Å². The van der Waals surface area contributed by atoms with Crippen molar-refractivity contribution in [3.63, 3.8) is 0 Å². The van der Waals surface area contributed by atoms with Crippen LogP contribution in [0.2, 0.25) is 10.0 Å². The summed E-state index contributed by atoms with van der Waals surface area (Å²) in [5.41, 5.74) is 1.44. The first-order chi connectivity index (χ1) is 11.1. The maximum Gasteiger partial charge on any atom is 0.227 e. The van der Waals surface area contributed by atoms with Gasteiger partial charge in [0.1, 0.15) is 0 Å². The molecule has 23 heavy (non-hydrogen) atoms. The number of anilines is 2. The number of nitrogens with zero attached hydrogens (tertiary/aromatic N) is 2. The van der Waals surface area contributed by atoms with Crippen LogP contribution < -0.4 is 14.8 Å². The van der Waals surface area contributed by atoms with Gasteiger partial charge in [-0.1, -0.05) is 23.2 Å². The second-order valence-corrected chi connectivity index (χ2v) is 5.62. The van der Waals surface area contributed by atoms with Crippen LogP contribution in [0.5, 0.6) is 11.5 Å². The summed E-state index contributed by atoms with van der Waals surface area (Å²) < 4.78 is 10.6. The summed E-state index contributed by atoms with van der Waals surface area (Å²) in [5.74, 6) is 1.67. The van der Waals surface area contributed by atoms with Gasteiger partial charge < -0.3 is 14.8 Å². The summed E-state index contributed by atoms with van der Waals surface area (Å²) in [7, 11) is 3.17. The molecule has 2 aromatic carbocycles. The van der Waals surface area contributed by atoms with Gasteiger partial charge in [-0.2, -0.15) is 0 Å². The lowest BCUT2D eigenvalue weighted by Gasteiger charge is -2.10. The number of ether oxygens (including phenoxy) is 2. The molecule has 0 saturated carbocycles. The number of rotatable bonds is 4. The molecule has 1 N–H and O–H groups in total. The number of hydrogen-bond donors (Lipinski definition) is 1. The Hall–Kier alpha value is -2.24. The van der Waals surface area contributed by atoms with E-state index in [4.69, 9.17) is 32.7 Å². The van der Waals surface area contributed by atoms with Crippen molar-refractivity contribution in [3.05, 3.63) is 46.6 Å². The van der Waals surface area contributed by atoms with Crippen molar-refractivity contribution in [3.8, 4) is 11.5 Å². The molecule has 118 valence electrons. The van der Waals surface area contributed by atoms with Gasteiger partial charge in [-0.3, -0.25) is 0 Å². The molecular weight excluding hydrogens is 337 g/mol. The number of aromatic nitrogens is 2. The minimum atomic E-state index is 0.433. The molecule has 0 radical (unpaired) electrons. The molecule has 0 aliphatic carbocycles. The van der Waals surface area contributed by atoms with E-state index in [2.05, 4.69) is 15.3 Å². The van der Waals surface area contributed by atoms with E-state index >= 15 is 0 Å². The van der Waals surface area contributed by atoms with Gasteiger partial charge >= 0.3 is 0 Å². The molecular formula is C16H13Cl2N3O2. The molecule has 0 amide bonds. The van der Waals surface area contributed by atoms with E-state index in [1.54, 1.807) is 44.7 Å². The van der Waals surface area contributed by atoms with Crippen LogP contribution in [0.15, 0.2) is 36.5 Å². The molecule has 1 aromatic heterocycles. The van der Waals surface area contributed by atoms with Crippen LogP contribution in [0.3, 0.4) is 0 Å². The first kappa shape index (κ1) is 15.6. The molecule has 0 saturated heterocycles. The highest BCUT2D eigenvalue weighted by Crippen LogP contribution is 2.32. The summed E-state index contributed by atoms with van der Waals surface area (Å²) in [6, 6.07) is 8.78. The lowest BCUT2D eigenvalue weighted by Crippen LogP contribution is -1.98. The van der Waals surface area contributed by atoms with Crippen molar-refractivity contribution in [2.45, 2.75) is 0 Å². The van der Waals surface area contributed by atoms with Crippen LogP contribution in [-0.4, -0.2) is 24.2 Å². The maximum atomic E-state index is 5.99. The lowest BCUT2D eigenvalue weighted by atomic mass is 10.2. The highest BCUT2D eigenvalue weighted by atomic mass is 35.5. The number of benzene rings is 2. The van der Waals surface area contributed by atoms with Crippen LogP contribution in [0.25, 0.3) is 10.9 Å². The van der Waals surface area contributed by atoms with E-state index in [9.17, 15) is 0 Å². The Balaban J connectivity index is 1.99. The predicted molar refractivity (Wildman–Crippen MR) is 92.4 cm³/mol. The first-order valence-corrected chi connectivity index (χ1v) is 7.46. The smallest absolute Gasteiger partial charge is 0.227 e. The fourth-order valence-corrected chi connectivity index (χ4v) is 2.70. The number of fused-ring (bicyclic) bond motifs is 1. The van der Waals surface area contributed by atoms with Gasteiger partial charge in [0, 0.05) is 33.4 Å². The first-order valence-electron chi connectivity index (χ1n) is 6.71. The third-order valence-electron chi connectivity index (χ3n) is 3.20. The van der Waals surface area contributed by atoms with Gasteiger partial charge in [-0.05, 0) is 24.3 Å². The van der Waals surface area contributed by atoms with Crippen molar-refractivity contribution in [1.82, 2.24) is 9.97 Å². The zero-order chi connectivity index (χ0) is 16.4. The molecule has 0 spiro atoms. The average molecular weight is 350 g/mol. The number of hydrogen-bond acceptors (Lipinski definition) is 5. The van der Waals surface area contributed by atoms with E-state index in [-0.39, 0.29) is 0 Å². The predicted octanol–water partition coefficient (Wildman–Crippen LogP) is 4.70. The van der Waals surface area contributed by atoms with Crippen LogP contribution in [-0.2, 0) is 0 Å². The second-order valence-electron chi connectivity index (χ2n) is 4.74. The van der Waals surface area contributed by atoms with Crippen LogP contribution in [0, 0.1) is 0 Å². The Morgan fingerprint density at radius 2 is 1.57 bits per heavy atom. The standard InChI is InChI=1S/C16H13Cl2N3O2/c1-22-14-3-9-8-19-16(21-13(9)7-15(14)23-2)20-12-5-10(17)4-11(18)6-12/h3-8H,1-2H3,(H,19,20,21). The Kier molecular flexibility index (Phi) is 4.41. The molecule has 0 aliphatic heterocycles. The monoisotopic (exact) mass is 349 g/mol. The molecule has 7 heteroatoms. The zero-order valence-corrected chi connectivity index (χ0v) is 13.9. The summed E-state index contributed by atoms with van der Waals surface area (Å²) in [4.78, 5) is 8.76. The van der Waals surface area contributed by atoms with Gasteiger partial charge in [0.15, 0.2) is 11.5 Å². The third kappa shape index (κ3) is 3.41. The largest absolute Gasteiger partial charge is 0.493 e. The summed E-state index contributed by atoms with van der Waals surface area (Å²) in [6.45, 7) is 0. The Bertz CT molecular complexity index is 851. The molecule has 0 aliphatic rings. The van der Waals surface area contributed by atoms with E-state index in [1.165, 1.54) is 0 Å². The topological polar surface area (TPSA) is 56.3 Å². The van der Waals surface area contributed by atoms with Crippen molar-refractivity contribution < 1.29 is 9.47 Å². The fourth-order valence-electron chi connectivity index (χ4n) is 2.17. The molecule has 0 unspecified atom stereocenters. The summed E-state index contributed by atoms with van der Waals surface area (Å²) >= 11 is 12.0. The highest BCUT2D eigenvalue weighted by Gasteiger charge is 2.09. The molecule has 0 bridgehead atoms. The average Bonchev–Trinajstić information content (AvgIpc) is 2.52. The quantitative estimate of drug-likeness (QED) is 0.739. The van der Waals surface area contributed by atoms with E-state index < -0.39 is 0 Å². The molecule has 3 rings (SSSR count). The summed E-state index contributed by atoms with van der Waals surface area (Å²) in [6.07, 6.45) is 1.71. The highest BCUT2D eigenvalue weighted by molar-refractivity contribution is 6.35. The Morgan fingerprint density at radius 1 is 0.913 bits per heavy atom. The number of nitrogens with one attached hydrogen (secondary N) is 1. The minimum Gasteiger partial charge on any atom is -0.493 e. The molecule has 1 heterocycles. The van der Waals surface area contributed by atoms with Crippen LogP contribution in [0.1, 0.15) is 0 Å². The van der Waals surface area contributed by atoms with Gasteiger partial charge in [0.25, 0.3) is 0 Å². The van der Waals surface area contributed by atoms with Crippen LogP contribution in [0.4, 0.5) is 11.6 Å². The zero-order valence-electron chi connectivity index (χ0n) is 12.4. The SMILES string of the molecule is COc1cc2cnc(Nc3cc(Cl)cc(Cl)c3)nc2cc1OC. The Labute approximate surface area is 143 Å². The van der Waals surface area contributed by atoms with Crippen molar-refractivity contribution in [2.24, 2.45) is 0 Å². The number of methoxy groups -OCH3 is 2.